The molecule has 45 heavy (non-hydrogen) atoms. The van der Waals surface area contributed by atoms with E-state index in [0.29, 0.717) is 12.8 Å². The molecule has 13 nitrogen and oxygen atoms in total. The molecule has 3 aliphatic carbocycles. The highest BCUT2D eigenvalue weighted by Crippen LogP contribution is 2.55. The predicted molar refractivity (Wildman–Crippen MR) is 148 cm³/mol. The quantitative estimate of drug-likeness (QED) is 0.250. The van der Waals surface area contributed by atoms with Crippen LogP contribution in [-0.4, -0.2) is 98.8 Å². The third-order valence-electron chi connectivity index (χ3n) is 9.28. The van der Waals surface area contributed by atoms with E-state index in [-0.39, 0.29) is 30.5 Å². The Balaban J connectivity index is 1.73. The number of aromatic hydroxyl groups is 1. The van der Waals surface area contributed by atoms with Gasteiger partial charge in [0.1, 0.15) is 28.6 Å². The lowest BCUT2D eigenvalue weighted by atomic mass is 9.58. The number of phenols is 1. The highest BCUT2D eigenvalue weighted by molar-refractivity contribution is 6.24. The van der Waals surface area contributed by atoms with Gasteiger partial charge in [0.2, 0.25) is 11.7 Å². The zero-order chi connectivity index (χ0) is 33.3. The number of rotatable bonds is 5. The number of likely N-dealkylation sites (N-methyl/N-ethyl adjacent to an activating group) is 1. The van der Waals surface area contributed by atoms with Crippen molar-refractivity contribution in [3.63, 3.8) is 0 Å². The van der Waals surface area contributed by atoms with Crippen molar-refractivity contribution in [2.75, 3.05) is 27.2 Å². The van der Waals surface area contributed by atoms with Crippen LogP contribution in [0, 0.1) is 11.8 Å². The van der Waals surface area contributed by atoms with Crippen LogP contribution in [0.25, 0.3) is 0 Å². The molecule has 5 atom stereocenters. The minimum absolute atomic E-state index is 0.187. The van der Waals surface area contributed by atoms with Gasteiger partial charge in [-0.25, -0.2) is 0 Å². The molecule has 4 aliphatic rings. The predicted octanol–water partition coefficient (Wildman–Crippen LogP) is 1.03. The van der Waals surface area contributed by atoms with Gasteiger partial charge in [0.05, 0.1) is 24.2 Å². The summed E-state index contributed by atoms with van der Waals surface area (Å²) in [6.07, 6.45) is -4.69. The number of hydrogen-bond donors (Lipinski definition) is 6. The molecule has 2 amide bonds. The third kappa shape index (κ3) is 4.91. The zero-order valence-corrected chi connectivity index (χ0v) is 24.3. The van der Waals surface area contributed by atoms with E-state index < -0.39 is 112 Å². The van der Waals surface area contributed by atoms with E-state index in [0.717, 1.165) is 6.07 Å². The third-order valence-corrected chi connectivity index (χ3v) is 9.28. The van der Waals surface area contributed by atoms with E-state index >= 15 is 0 Å². The number of hydrogen-bond acceptors (Lipinski definition) is 11. The number of allylic oxidation sites excluding steroid dienone is 1. The largest absolute Gasteiger partial charge is 0.573 e. The van der Waals surface area contributed by atoms with Crippen LogP contribution in [0.3, 0.4) is 0 Å². The summed E-state index contributed by atoms with van der Waals surface area (Å²) in [5, 5.41) is 45.1. The number of ketones is 2. The van der Waals surface area contributed by atoms with Gasteiger partial charge < -0.3 is 41.5 Å². The van der Waals surface area contributed by atoms with Crippen molar-refractivity contribution in [1.29, 1.82) is 0 Å². The fourth-order valence-corrected chi connectivity index (χ4v) is 7.48. The van der Waals surface area contributed by atoms with Crippen molar-refractivity contribution in [2.45, 2.75) is 56.2 Å². The Kier molecular flexibility index (Phi) is 7.90. The molecule has 8 N–H and O–H groups in total. The number of fused-ring (bicyclic) bond motifs is 3. The summed E-state index contributed by atoms with van der Waals surface area (Å²) in [4.78, 5) is 54.8. The Labute approximate surface area is 254 Å². The van der Waals surface area contributed by atoms with Crippen molar-refractivity contribution in [3.8, 4) is 11.5 Å². The number of nitrogens with zero attached hydrogens (tertiary/aromatic N) is 2. The van der Waals surface area contributed by atoms with Crippen LogP contribution in [0.1, 0.15) is 53.2 Å². The lowest BCUT2D eigenvalue weighted by Crippen LogP contribution is -2.63. The van der Waals surface area contributed by atoms with E-state index in [4.69, 9.17) is 11.5 Å². The number of Topliss-reactive ketones (excluding diaryl/α,β-unsaturated/α-hetero) is 2. The number of carbonyl (C=O) groups excluding carboxylic acids is 4. The van der Waals surface area contributed by atoms with Crippen LogP contribution in [0.15, 0.2) is 28.7 Å². The topological polar surface area (TPSA) is 217 Å². The van der Waals surface area contributed by atoms with E-state index in [1.807, 2.05) is 0 Å². The van der Waals surface area contributed by atoms with Crippen LogP contribution in [0.2, 0.25) is 0 Å². The minimum atomic E-state index is -5.25. The summed E-state index contributed by atoms with van der Waals surface area (Å²) in [6.45, 7) is -0.220. The van der Waals surface area contributed by atoms with Crippen molar-refractivity contribution < 1.29 is 57.5 Å². The number of aliphatic hydroxyl groups is 3. The first-order chi connectivity index (χ1) is 20.9. The van der Waals surface area contributed by atoms with Crippen LogP contribution in [0.5, 0.6) is 11.5 Å². The summed E-state index contributed by atoms with van der Waals surface area (Å²) < 4.78 is 46.2. The Morgan fingerprint density at radius 3 is 2.42 bits per heavy atom. The van der Waals surface area contributed by atoms with Gasteiger partial charge >= 0.3 is 6.36 Å². The van der Waals surface area contributed by atoms with Crippen LogP contribution >= 0.6 is 0 Å². The van der Waals surface area contributed by atoms with Gasteiger partial charge in [0, 0.05) is 29.2 Å². The van der Waals surface area contributed by atoms with Gasteiger partial charge in [0.15, 0.2) is 11.4 Å². The molecule has 0 aromatic heterocycles. The number of aliphatic hydroxyl groups excluding tert-OH is 2. The number of primary amides is 1. The molecule has 16 heteroatoms. The number of likely N-dealkylation sites (tertiary alicyclic amines) is 1. The van der Waals surface area contributed by atoms with Gasteiger partial charge in [-0.2, -0.15) is 0 Å². The SMILES string of the molecule is CN(C)[C@@H]1C(O)=C(C(N)=O)C(=O)[C@@]2(O)C(O)=C3C(=O)c4c(O)cc(C5CCCCN5C(=O)CN)c(OC(F)(F)F)c4C[C@H]3C[C@@H]12. The first-order valence-corrected chi connectivity index (χ1v) is 14.2. The van der Waals surface area contributed by atoms with Crippen LogP contribution in [-0.2, 0) is 20.8 Å². The molecular weight excluding hydrogens is 605 g/mol. The van der Waals surface area contributed by atoms with Gasteiger partial charge in [0.25, 0.3) is 5.91 Å². The molecule has 1 fully saturated rings. The van der Waals surface area contributed by atoms with Gasteiger partial charge in [-0.05, 0) is 58.2 Å². The number of amides is 2. The lowest BCUT2D eigenvalue weighted by molar-refractivity contribution is -0.275. The van der Waals surface area contributed by atoms with E-state index in [1.165, 1.54) is 23.9 Å². The minimum Gasteiger partial charge on any atom is -0.510 e. The van der Waals surface area contributed by atoms with E-state index in [2.05, 4.69) is 4.74 Å². The number of piperidine rings is 1. The maximum atomic E-state index is 13.9. The lowest BCUT2D eigenvalue weighted by Gasteiger charge is -2.50. The number of benzene rings is 1. The number of halogens is 3. The number of ether oxygens (including phenoxy) is 1. The molecule has 0 spiro atoms. The highest BCUT2D eigenvalue weighted by Gasteiger charge is 2.63. The molecule has 1 unspecified atom stereocenters. The van der Waals surface area contributed by atoms with Crippen molar-refractivity contribution in [3.05, 3.63) is 45.4 Å². The number of nitrogens with two attached hydrogens (primary N) is 2. The van der Waals surface area contributed by atoms with Crippen LogP contribution in [0.4, 0.5) is 13.2 Å². The molecule has 1 aromatic carbocycles. The molecule has 5 rings (SSSR count). The maximum absolute atomic E-state index is 13.9. The maximum Gasteiger partial charge on any atom is 0.573 e. The molecule has 244 valence electrons. The smallest absolute Gasteiger partial charge is 0.510 e. The number of alkyl halides is 3. The molecule has 1 aliphatic heterocycles. The summed E-state index contributed by atoms with van der Waals surface area (Å²) in [5.41, 5.74) is 5.27. The van der Waals surface area contributed by atoms with Gasteiger partial charge in [-0.3, -0.25) is 24.1 Å². The first kappa shape index (κ1) is 32.2. The fraction of sp³-hybridized carbons (Fsp3) is 0.517. The standard InChI is InChI=1S/C29H33F3N4O9/c1-35(2)21-14-8-11-7-13-19(22(39)18(11)25(41)28(14,44)26(42)20(23(21)40)27(34)43)16(37)9-12(24(13)45-29(30,31)32)15-5-3-4-6-36(15)17(38)10-33/h9,11,14-15,21,37,40-41,44H,3-8,10,33H2,1-2H3,(H2,34,43)/t11-,14-,15?,21-,28-/m0/s1. The van der Waals surface area contributed by atoms with Gasteiger partial charge in [-0.15, -0.1) is 13.2 Å². The highest BCUT2D eigenvalue weighted by atomic mass is 19.4. The van der Waals surface area contributed by atoms with Crippen molar-refractivity contribution in [1.82, 2.24) is 9.80 Å². The number of phenolic OH excluding ortho intramolecular Hbond substituents is 1. The molecule has 1 aromatic rings. The molecule has 0 saturated carbocycles. The Hall–Kier alpha value is -4.15. The second-order valence-electron chi connectivity index (χ2n) is 12.0. The zero-order valence-electron chi connectivity index (χ0n) is 24.3. The Morgan fingerprint density at radius 2 is 1.84 bits per heavy atom. The second kappa shape index (κ2) is 11.0. The molecule has 0 radical (unpaired) electrons. The molecule has 0 bridgehead atoms. The summed E-state index contributed by atoms with van der Waals surface area (Å²) in [7, 11) is 2.90. The summed E-state index contributed by atoms with van der Waals surface area (Å²) in [5.74, 6) is -10.5. The van der Waals surface area contributed by atoms with Crippen LogP contribution < -0.4 is 16.2 Å². The average molecular weight is 639 g/mol. The van der Waals surface area contributed by atoms with Crippen molar-refractivity contribution in [2.24, 2.45) is 23.3 Å². The molecule has 1 heterocycles. The first-order valence-electron chi connectivity index (χ1n) is 14.2. The normalized spacial score (nSPS) is 28.6. The van der Waals surface area contributed by atoms with E-state index in [9.17, 15) is 52.8 Å². The van der Waals surface area contributed by atoms with Gasteiger partial charge in [-0.1, -0.05) is 0 Å². The summed E-state index contributed by atoms with van der Waals surface area (Å²) in [6, 6.07) is -1.34. The van der Waals surface area contributed by atoms with E-state index in [1.54, 1.807) is 0 Å². The Bertz CT molecular complexity index is 1570. The molecular formula is C29H33F3N4O9. The fourth-order valence-electron chi connectivity index (χ4n) is 7.48. The second-order valence-corrected chi connectivity index (χ2v) is 12.0. The summed E-state index contributed by atoms with van der Waals surface area (Å²) >= 11 is 0. The Morgan fingerprint density at radius 1 is 1.18 bits per heavy atom. The van der Waals surface area contributed by atoms with Crippen molar-refractivity contribution >= 4 is 23.4 Å². The number of carbonyl (C=O) groups is 4. The average Bonchev–Trinajstić information content (AvgIpc) is 2.94. The monoisotopic (exact) mass is 638 g/mol. The molecule has 1 saturated heterocycles.